The van der Waals surface area contributed by atoms with Gasteiger partial charge in [0.2, 0.25) is 0 Å². The first-order chi connectivity index (χ1) is 14.4. The fourth-order valence-electron chi connectivity index (χ4n) is 3.75. The van der Waals surface area contributed by atoms with E-state index in [-0.39, 0.29) is 18.6 Å². The van der Waals surface area contributed by atoms with E-state index in [1.165, 1.54) is 0 Å². The number of methoxy groups -OCH3 is 2. The van der Waals surface area contributed by atoms with Crippen molar-refractivity contribution in [3.8, 4) is 5.75 Å². The van der Waals surface area contributed by atoms with Gasteiger partial charge in [0.15, 0.2) is 0 Å². The number of nitrogens with zero attached hydrogens (tertiary/aromatic N) is 1. The number of aryl methyl sites for hydroxylation is 1. The van der Waals surface area contributed by atoms with Crippen molar-refractivity contribution in [3.05, 3.63) is 46.8 Å². The summed E-state index contributed by atoms with van der Waals surface area (Å²) in [5.41, 5.74) is 2.84. The Morgan fingerprint density at radius 1 is 1.13 bits per heavy atom. The second-order valence-electron chi connectivity index (χ2n) is 7.70. The number of esters is 1. The highest BCUT2D eigenvalue weighted by atomic mass is 16.6. The molecule has 1 aromatic heterocycles. The predicted octanol–water partition coefficient (Wildman–Crippen LogP) is 3.89. The highest BCUT2D eigenvalue weighted by molar-refractivity contribution is 6.08. The Labute approximate surface area is 177 Å². The third-order valence-corrected chi connectivity index (χ3v) is 5.66. The Hall–Kier alpha value is -2.80. The van der Waals surface area contributed by atoms with E-state index in [0.29, 0.717) is 35.0 Å². The van der Waals surface area contributed by atoms with Gasteiger partial charge in [0, 0.05) is 24.5 Å². The number of nitrogens with one attached hydrogen (secondary N) is 1. The Morgan fingerprint density at radius 2 is 1.80 bits per heavy atom. The van der Waals surface area contributed by atoms with Crippen LogP contribution in [0.4, 0.5) is 5.69 Å². The summed E-state index contributed by atoms with van der Waals surface area (Å²) < 4.78 is 15.4. The van der Waals surface area contributed by atoms with Crippen LogP contribution in [-0.2, 0) is 9.47 Å². The van der Waals surface area contributed by atoms with Crippen molar-refractivity contribution >= 4 is 17.6 Å². The molecule has 1 aliphatic rings. The van der Waals surface area contributed by atoms with Crippen LogP contribution >= 0.6 is 0 Å². The molecule has 30 heavy (non-hydrogen) atoms. The van der Waals surface area contributed by atoms with Crippen molar-refractivity contribution in [2.45, 2.75) is 39.7 Å². The smallest absolute Gasteiger partial charge is 0.340 e. The van der Waals surface area contributed by atoms with Gasteiger partial charge < -0.3 is 24.1 Å². The minimum atomic E-state index is -0.455. The first kappa shape index (κ1) is 21.9. The van der Waals surface area contributed by atoms with Crippen LogP contribution in [-0.4, -0.2) is 50.3 Å². The zero-order chi connectivity index (χ0) is 21.8. The summed E-state index contributed by atoms with van der Waals surface area (Å²) in [5.74, 6) is 0.601. The van der Waals surface area contributed by atoms with Gasteiger partial charge in [0.1, 0.15) is 18.1 Å². The monoisotopic (exact) mass is 414 g/mol. The highest BCUT2D eigenvalue weighted by Crippen LogP contribution is 2.38. The largest absolute Gasteiger partial charge is 0.497 e. The maximum atomic E-state index is 13.6. The van der Waals surface area contributed by atoms with Crippen LogP contribution in [0.1, 0.15) is 51.9 Å². The molecule has 7 heteroatoms. The van der Waals surface area contributed by atoms with Gasteiger partial charge in [0.25, 0.3) is 5.91 Å². The molecule has 1 aromatic carbocycles. The second kappa shape index (κ2) is 9.34. The zero-order valence-corrected chi connectivity index (χ0v) is 18.3. The third kappa shape index (κ3) is 4.51. The number of aromatic amines is 1. The summed E-state index contributed by atoms with van der Waals surface area (Å²) in [6, 6.07) is 7.52. The molecule has 0 aliphatic heterocycles. The molecule has 1 aliphatic carbocycles. The van der Waals surface area contributed by atoms with Gasteiger partial charge in [-0.15, -0.1) is 0 Å². The van der Waals surface area contributed by atoms with Crippen LogP contribution in [0.3, 0.4) is 0 Å². The summed E-state index contributed by atoms with van der Waals surface area (Å²) >= 11 is 0. The van der Waals surface area contributed by atoms with Crippen molar-refractivity contribution < 1.29 is 23.8 Å². The maximum Gasteiger partial charge on any atom is 0.340 e. The molecule has 1 atom stereocenters. The first-order valence-corrected chi connectivity index (χ1v) is 10.2. The summed E-state index contributed by atoms with van der Waals surface area (Å²) in [5, 5.41) is 0. The number of aromatic nitrogens is 1. The normalized spacial score (nSPS) is 14.3. The van der Waals surface area contributed by atoms with E-state index in [1.54, 1.807) is 28.1 Å². The van der Waals surface area contributed by atoms with E-state index in [9.17, 15) is 9.59 Å². The lowest BCUT2D eigenvalue weighted by Gasteiger charge is -2.29. The molecule has 0 spiro atoms. The zero-order valence-electron chi connectivity index (χ0n) is 18.3. The molecule has 1 unspecified atom stereocenters. The van der Waals surface area contributed by atoms with Gasteiger partial charge in [0.05, 0.1) is 19.3 Å². The van der Waals surface area contributed by atoms with Gasteiger partial charge in [-0.1, -0.05) is 0 Å². The average Bonchev–Trinajstić information content (AvgIpc) is 3.54. The topological polar surface area (TPSA) is 80.9 Å². The minimum Gasteiger partial charge on any atom is -0.497 e. The Balaban J connectivity index is 1.92. The Kier molecular flexibility index (Phi) is 6.82. The molecule has 162 valence electrons. The van der Waals surface area contributed by atoms with Crippen molar-refractivity contribution in [2.75, 3.05) is 32.3 Å². The minimum absolute atomic E-state index is 0.0472. The van der Waals surface area contributed by atoms with E-state index in [0.717, 1.165) is 24.3 Å². The lowest BCUT2D eigenvalue weighted by molar-refractivity contribution is 0.0387. The quantitative estimate of drug-likeness (QED) is 0.497. The molecule has 1 N–H and O–H groups in total. The number of rotatable bonds is 9. The first-order valence-electron chi connectivity index (χ1n) is 10.2. The Morgan fingerprint density at radius 3 is 2.37 bits per heavy atom. The molecule has 1 saturated carbocycles. The molecule has 7 nitrogen and oxygen atoms in total. The van der Waals surface area contributed by atoms with Gasteiger partial charge in [-0.2, -0.15) is 0 Å². The predicted molar refractivity (Wildman–Crippen MR) is 114 cm³/mol. The van der Waals surface area contributed by atoms with Crippen molar-refractivity contribution in [2.24, 2.45) is 5.92 Å². The molecule has 0 radical (unpaired) electrons. The molecule has 2 aromatic rings. The lowest BCUT2D eigenvalue weighted by atomic mass is 10.1. The van der Waals surface area contributed by atoms with E-state index in [4.69, 9.17) is 14.2 Å². The van der Waals surface area contributed by atoms with Gasteiger partial charge in [-0.05, 0) is 69.4 Å². The summed E-state index contributed by atoms with van der Waals surface area (Å²) in [7, 11) is 3.16. The molecule has 1 fully saturated rings. The number of benzene rings is 1. The van der Waals surface area contributed by atoms with Crippen molar-refractivity contribution in [1.82, 2.24) is 4.98 Å². The number of amides is 1. The van der Waals surface area contributed by atoms with Crippen LogP contribution in [0, 0.1) is 19.8 Å². The molecule has 3 rings (SSSR count). The van der Waals surface area contributed by atoms with Crippen LogP contribution in [0.5, 0.6) is 5.75 Å². The maximum absolute atomic E-state index is 13.6. The van der Waals surface area contributed by atoms with E-state index >= 15 is 0 Å². The van der Waals surface area contributed by atoms with Crippen LogP contribution in [0.15, 0.2) is 24.3 Å². The van der Waals surface area contributed by atoms with Gasteiger partial charge >= 0.3 is 5.97 Å². The van der Waals surface area contributed by atoms with E-state index in [2.05, 4.69) is 11.9 Å². The molecule has 1 heterocycles. The number of H-pyrrole nitrogens is 1. The number of anilines is 1. The second-order valence-corrected chi connectivity index (χ2v) is 7.70. The lowest BCUT2D eigenvalue weighted by Crippen LogP contribution is -2.40. The SMILES string of the molecule is COCCOC(=O)c1c(C)[nH]c(C(=O)N(c2ccc(OC)cc2)C(C)C2CC2)c1C. The van der Waals surface area contributed by atoms with Crippen LogP contribution < -0.4 is 9.64 Å². The fraction of sp³-hybridized carbons (Fsp3) is 0.478. The van der Waals surface area contributed by atoms with Crippen molar-refractivity contribution in [1.29, 1.82) is 0 Å². The highest BCUT2D eigenvalue weighted by Gasteiger charge is 2.37. The van der Waals surface area contributed by atoms with Gasteiger partial charge in [-0.3, -0.25) is 4.79 Å². The molecular formula is C23H30N2O5. The average molecular weight is 415 g/mol. The number of carbonyl (C=O) groups excluding carboxylic acids is 2. The standard InChI is InChI=1S/C23H30N2O5/c1-14-20(23(27)30-13-12-28-4)15(2)24-21(14)22(26)25(16(3)17-6-7-17)18-8-10-19(29-5)11-9-18/h8-11,16-17,24H,6-7,12-13H2,1-5H3. The number of hydrogen-bond acceptors (Lipinski definition) is 5. The molecule has 1 amide bonds. The summed E-state index contributed by atoms with van der Waals surface area (Å²) in [4.78, 5) is 31.1. The Bertz CT molecular complexity index is 899. The van der Waals surface area contributed by atoms with Crippen LogP contribution in [0.2, 0.25) is 0 Å². The summed E-state index contributed by atoms with van der Waals surface area (Å²) in [6.45, 7) is 6.12. The summed E-state index contributed by atoms with van der Waals surface area (Å²) in [6.07, 6.45) is 2.22. The number of carbonyl (C=O) groups is 2. The third-order valence-electron chi connectivity index (χ3n) is 5.66. The van der Waals surface area contributed by atoms with E-state index in [1.807, 2.05) is 29.2 Å². The fourth-order valence-corrected chi connectivity index (χ4v) is 3.75. The van der Waals surface area contributed by atoms with E-state index < -0.39 is 5.97 Å². The molecular weight excluding hydrogens is 384 g/mol. The van der Waals surface area contributed by atoms with Crippen molar-refractivity contribution in [3.63, 3.8) is 0 Å². The molecule has 0 saturated heterocycles. The number of hydrogen-bond donors (Lipinski definition) is 1. The van der Waals surface area contributed by atoms with Crippen LogP contribution in [0.25, 0.3) is 0 Å². The number of ether oxygens (including phenoxy) is 3. The van der Waals surface area contributed by atoms with Gasteiger partial charge in [-0.25, -0.2) is 4.79 Å². The molecule has 0 bridgehead atoms.